The second kappa shape index (κ2) is 3.24. The summed E-state index contributed by atoms with van der Waals surface area (Å²) in [5, 5.41) is 2.55. The first kappa shape index (κ1) is 9.71. The quantitative estimate of drug-likeness (QED) is 0.599. The fraction of sp³-hybridized carbons (Fsp3) is 0. The van der Waals surface area contributed by atoms with E-state index in [1.165, 1.54) is 6.07 Å². The number of nitrogens with two attached hydrogens (primary N) is 1. The molecule has 17 heavy (non-hydrogen) atoms. The third-order valence-electron chi connectivity index (χ3n) is 2.59. The van der Waals surface area contributed by atoms with E-state index < -0.39 is 5.56 Å². The van der Waals surface area contributed by atoms with Gasteiger partial charge in [-0.05, 0) is 18.2 Å². The number of aromatic amines is 2. The third kappa shape index (κ3) is 1.34. The highest BCUT2D eigenvalue weighted by Gasteiger charge is 2.14. The highest BCUT2D eigenvalue weighted by Crippen LogP contribution is 2.27. The van der Waals surface area contributed by atoms with Crippen molar-refractivity contribution in [2.75, 3.05) is 5.73 Å². The van der Waals surface area contributed by atoms with Gasteiger partial charge in [-0.1, -0.05) is 6.07 Å². The number of fused-ring (bicyclic) bond motifs is 1. The van der Waals surface area contributed by atoms with Gasteiger partial charge in [-0.15, -0.1) is 0 Å². The zero-order valence-electron chi connectivity index (χ0n) is 8.58. The Bertz CT molecular complexity index is 754. The van der Waals surface area contributed by atoms with Crippen LogP contribution < -0.4 is 11.3 Å². The van der Waals surface area contributed by atoms with E-state index in [1.807, 2.05) is 0 Å². The average molecular weight is 233 g/mol. The molecule has 6 heteroatoms. The van der Waals surface area contributed by atoms with E-state index >= 15 is 0 Å². The molecule has 4 N–H and O–H groups in total. The maximum atomic E-state index is 13.5. The van der Waals surface area contributed by atoms with E-state index in [-0.39, 0.29) is 17.3 Å². The van der Waals surface area contributed by atoms with Crippen molar-refractivity contribution in [3.8, 4) is 11.5 Å². The van der Waals surface area contributed by atoms with Crippen LogP contribution in [0.25, 0.3) is 22.4 Å². The summed E-state index contributed by atoms with van der Waals surface area (Å²) in [7, 11) is 0. The number of halogens is 1. The van der Waals surface area contributed by atoms with Crippen LogP contribution in [-0.2, 0) is 0 Å². The summed E-state index contributed by atoms with van der Waals surface area (Å²) >= 11 is 0. The Morgan fingerprint density at radius 2 is 2.18 bits per heavy atom. The number of H-pyrrole nitrogens is 2. The maximum absolute atomic E-state index is 13.5. The molecule has 2 heterocycles. The topological polar surface area (TPSA) is 87.8 Å². The van der Waals surface area contributed by atoms with Crippen molar-refractivity contribution in [3.05, 3.63) is 40.4 Å². The molecule has 0 saturated carbocycles. The summed E-state index contributed by atoms with van der Waals surface area (Å²) in [4.78, 5) is 14.1. The Morgan fingerprint density at radius 3 is 2.82 bits per heavy atom. The summed E-state index contributed by atoms with van der Waals surface area (Å²) in [6.07, 6.45) is 0. The van der Waals surface area contributed by atoms with E-state index in [4.69, 9.17) is 10.3 Å². The molecule has 0 unspecified atom stereocenters. The molecule has 0 aliphatic heterocycles. The lowest BCUT2D eigenvalue weighted by Gasteiger charge is -1.90. The third-order valence-corrected chi connectivity index (χ3v) is 2.59. The minimum absolute atomic E-state index is 0.0306. The van der Waals surface area contributed by atoms with Crippen LogP contribution in [0, 0.1) is 5.82 Å². The largest absolute Gasteiger partial charge is 0.391 e. The SMILES string of the molecule is Nc1c(-c2cc3c(F)cccc3[nH]2)o[nH]c1=O. The highest BCUT2D eigenvalue weighted by atomic mass is 19.1. The van der Waals surface area contributed by atoms with E-state index in [1.54, 1.807) is 18.2 Å². The number of nitrogens with one attached hydrogen (secondary N) is 2. The van der Waals surface area contributed by atoms with Crippen LogP contribution in [-0.4, -0.2) is 10.1 Å². The van der Waals surface area contributed by atoms with E-state index in [9.17, 15) is 9.18 Å². The molecule has 3 aromatic rings. The van der Waals surface area contributed by atoms with Crippen LogP contribution in [0.15, 0.2) is 33.6 Å². The molecule has 0 aliphatic carbocycles. The molecule has 0 saturated heterocycles. The summed E-state index contributed by atoms with van der Waals surface area (Å²) < 4.78 is 18.4. The fourth-order valence-electron chi connectivity index (χ4n) is 1.75. The van der Waals surface area contributed by atoms with Crippen LogP contribution in [0.5, 0.6) is 0 Å². The van der Waals surface area contributed by atoms with Gasteiger partial charge in [0.15, 0.2) is 0 Å². The number of aromatic nitrogens is 2. The Hall–Kier alpha value is -2.50. The Labute approximate surface area is 94.0 Å². The van der Waals surface area contributed by atoms with Gasteiger partial charge < -0.3 is 15.2 Å². The number of nitrogen functional groups attached to an aromatic ring is 1. The Balaban J connectivity index is 2.29. The van der Waals surface area contributed by atoms with Gasteiger partial charge in [0.05, 0.1) is 5.69 Å². The molecule has 0 amide bonds. The van der Waals surface area contributed by atoms with Crippen LogP contribution in [0.4, 0.5) is 10.1 Å². The number of benzene rings is 1. The number of hydrogen-bond acceptors (Lipinski definition) is 3. The predicted molar refractivity (Wildman–Crippen MR) is 61.0 cm³/mol. The van der Waals surface area contributed by atoms with Gasteiger partial charge in [-0.25, -0.2) is 4.39 Å². The van der Waals surface area contributed by atoms with Gasteiger partial charge in [0.25, 0.3) is 0 Å². The summed E-state index contributed by atoms with van der Waals surface area (Å²) in [5.41, 5.74) is 6.09. The number of hydrogen-bond donors (Lipinski definition) is 3. The maximum Gasteiger partial charge on any atom is 0.303 e. The monoisotopic (exact) mass is 233 g/mol. The van der Waals surface area contributed by atoms with Crippen LogP contribution in [0.2, 0.25) is 0 Å². The van der Waals surface area contributed by atoms with Crippen molar-refractivity contribution in [3.63, 3.8) is 0 Å². The zero-order chi connectivity index (χ0) is 12.0. The molecule has 1 aromatic carbocycles. The van der Waals surface area contributed by atoms with Crippen molar-refractivity contribution in [2.24, 2.45) is 0 Å². The van der Waals surface area contributed by atoms with Crippen LogP contribution in [0.1, 0.15) is 0 Å². The first-order chi connectivity index (χ1) is 8.16. The van der Waals surface area contributed by atoms with Crippen molar-refractivity contribution < 1.29 is 8.91 Å². The van der Waals surface area contributed by atoms with E-state index in [0.29, 0.717) is 16.6 Å². The second-order valence-corrected chi connectivity index (χ2v) is 3.66. The normalized spacial score (nSPS) is 11.1. The lowest BCUT2D eigenvalue weighted by atomic mass is 10.2. The molecule has 0 bridgehead atoms. The first-order valence-corrected chi connectivity index (χ1v) is 4.91. The predicted octanol–water partition coefficient (Wildman–Crippen LogP) is 1.84. The van der Waals surface area contributed by atoms with E-state index in [0.717, 1.165) is 0 Å². The molecule has 86 valence electrons. The minimum Gasteiger partial charge on any atom is -0.391 e. The minimum atomic E-state index is -0.501. The molecule has 2 aromatic heterocycles. The first-order valence-electron chi connectivity index (χ1n) is 4.91. The Kier molecular flexibility index (Phi) is 1.85. The molecule has 0 spiro atoms. The molecule has 0 fully saturated rings. The molecule has 0 atom stereocenters. The summed E-state index contributed by atoms with van der Waals surface area (Å²) in [6, 6.07) is 6.22. The van der Waals surface area contributed by atoms with Gasteiger partial charge >= 0.3 is 5.56 Å². The van der Waals surface area contributed by atoms with Gasteiger partial charge in [-0.3, -0.25) is 4.79 Å². The lowest BCUT2D eigenvalue weighted by molar-refractivity contribution is 0.425. The van der Waals surface area contributed by atoms with Gasteiger partial charge in [0.2, 0.25) is 5.76 Å². The van der Waals surface area contributed by atoms with Gasteiger partial charge in [-0.2, -0.15) is 5.16 Å². The summed E-state index contributed by atoms with van der Waals surface area (Å²) in [6.45, 7) is 0. The summed E-state index contributed by atoms with van der Waals surface area (Å²) in [5.74, 6) is -0.160. The van der Waals surface area contributed by atoms with Crippen molar-refractivity contribution in [2.45, 2.75) is 0 Å². The molecule has 0 aliphatic rings. The zero-order valence-corrected chi connectivity index (χ0v) is 8.58. The molecular weight excluding hydrogens is 225 g/mol. The van der Waals surface area contributed by atoms with Gasteiger partial charge in [0, 0.05) is 10.9 Å². The van der Waals surface area contributed by atoms with Crippen molar-refractivity contribution >= 4 is 16.6 Å². The van der Waals surface area contributed by atoms with Crippen molar-refractivity contribution in [1.82, 2.24) is 10.1 Å². The number of anilines is 1. The smallest absolute Gasteiger partial charge is 0.303 e. The molecular formula is C11H8FN3O2. The molecule has 0 radical (unpaired) electrons. The van der Waals surface area contributed by atoms with Crippen LogP contribution >= 0.6 is 0 Å². The van der Waals surface area contributed by atoms with E-state index in [2.05, 4.69) is 10.1 Å². The van der Waals surface area contributed by atoms with Crippen molar-refractivity contribution in [1.29, 1.82) is 0 Å². The standard InChI is InChI=1S/C11H8FN3O2/c12-6-2-1-3-7-5(6)4-8(14-7)10-9(13)11(16)15-17-10/h1-4,14H,13H2,(H,15,16). The van der Waals surface area contributed by atoms with Gasteiger partial charge in [0.1, 0.15) is 11.5 Å². The fourth-order valence-corrected chi connectivity index (χ4v) is 1.75. The number of rotatable bonds is 1. The molecule has 3 rings (SSSR count). The molecule has 5 nitrogen and oxygen atoms in total. The Morgan fingerprint density at radius 1 is 1.35 bits per heavy atom. The van der Waals surface area contributed by atoms with Crippen LogP contribution in [0.3, 0.4) is 0 Å². The highest BCUT2D eigenvalue weighted by molar-refractivity contribution is 5.87. The lowest BCUT2D eigenvalue weighted by Crippen LogP contribution is -2.04. The second-order valence-electron chi connectivity index (χ2n) is 3.66. The average Bonchev–Trinajstić information content (AvgIpc) is 2.85.